The van der Waals surface area contributed by atoms with Gasteiger partial charge in [-0.15, -0.1) is 0 Å². The van der Waals surface area contributed by atoms with Gasteiger partial charge in [0, 0.05) is 16.1 Å². The van der Waals surface area contributed by atoms with Crippen molar-refractivity contribution in [3.63, 3.8) is 0 Å². The van der Waals surface area contributed by atoms with Crippen LogP contribution in [0.1, 0.15) is 70.4 Å². The van der Waals surface area contributed by atoms with Crippen molar-refractivity contribution in [1.82, 2.24) is 5.32 Å². The molecule has 1 N–H and O–H groups in total. The van der Waals surface area contributed by atoms with Crippen molar-refractivity contribution < 1.29 is 4.74 Å². The van der Waals surface area contributed by atoms with Gasteiger partial charge in [0.1, 0.15) is 5.75 Å². The van der Waals surface area contributed by atoms with Gasteiger partial charge in [0.2, 0.25) is 0 Å². The zero-order chi connectivity index (χ0) is 15.5. The molecule has 0 aliphatic heterocycles. The highest BCUT2D eigenvalue weighted by Crippen LogP contribution is 2.31. The Kier molecular flexibility index (Phi) is 9.77. The maximum Gasteiger partial charge on any atom is 0.123 e. The fourth-order valence-electron chi connectivity index (χ4n) is 2.72. The fraction of sp³-hybridized carbons (Fsp3) is 0.667. The second-order valence-corrected chi connectivity index (χ2v) is 6.47. The van der Waals surface area contributed by atoms with Crippen LogP contribution < -0.4 is 10.1 Å². The molecule has 3 heteroatoms. The molecule has 1 unspecified atom stereocenters. The molecule has 120 valence electrons. The third-order valence-electron chi connectivity index (χ3n) is 3.86. The summed E-state index contributed by atoms with van der Waals surface area (Å²) in [7, 11) is 1.75. The van der Waals surface area contributed by atoms with E-state index in [-0.39, 0.29) is 0 Å². The minimum absolute atomic E-state index is 0.383. The van der Waals surface area contributed by atoms with Crippen LogP contribution in [0, 0.1) is 0 Å². The molecule has 1 atom stereocenters. The van der Waals surface area contributed by atoms with Crippen LogP contribution in [0.5, 0.6) is 5.75 Å². The molecule has 0 heterocycles. The van der Waals surface area contributed by atoms with E-state index < -0.39 is 0 Å². The van der Waals surface area contributed by atoms with Gasteiger partial charge in [0.15, 0.2) is 0 Å². The monoisotopic (exact) mass is 355 g/mol. The summed E-state index contributed by atoms with van der Waals surface area (Å²) in [5.74, 6) is 0.982. The van der Waals surface area contributed by atoms with Gasteiger partial charge >= 0.3 is 0 Å². The van der Waals surface area contributed by atoms with Crippen LogP contribution in [0.25, 0.3) is 0 Å². The molecule has 0 amide bonds. The molecule has 0 aromatic heterocycles. The quantitative estimate of drug-likeness (QED) is 0.502. The van der Waals surface area contributed by atoms with Crippen LogP contribution in [0.2, 0.25) is 0 Å². The summed E-state index contributed by atoms with van der Waals surface area (Å²) >= 11 is 3.57. The van der Waals surface area contributed by atoms with Crippen LogP contribution in [-0.4, -0.2) is 13.7 Å². The highest BCUT2D eigenvalue weighted by molar-refractivity contribution is 9.10. The molecule has 2 nitrogen and oxygen atoms in total. The van der Waals surface area contributed by atoms with E-state index in [1.54, 1.807) is 7.11 Å². The van der Waals surface area contributed by atoms with Crippen molar-refractivity contribution in [3.05, 3.63) is 28.2 Å². The summed E-state index contributed by atoms with van der Waals surface area (Å²) in [5, 5.41) is 3.60. The summed E-state index contributed by atoms with van der Waals surface area (Å²) in [6, 6.07) is 6.65. The van der Waals surface area contributed by atoms with E-state index in [0.29, 0.717) is 6.04 Å². The van der Waals surface area contributed by atoms with Gasteiger partial charge in [-0.25, -0.2) is 0 Å². The second kappa shape index (κ2) is 11.1. The topological polar surface area (TPSA) is 21.3 Å². The first-order valence-electron chi connectivity index (χ1n) is 8.29. The van der Waals surface area contributed by atoms with Crippen molar-refractivity contribution in [1.29, 1.82) is 0 Å². The van der Waals surface area contributed by atoms with Gasteiger partial charge in [0.25, 0.3) is 0 Å². The maximum atomic E-state index is 5.53. The van der Waals surface area contributed by atoms with E-state index in [2.05, 4.69) is 41.2 Å². The van der Waals surface area contributed by atoms with Crippen molar-refractivity contribution in [2.24, 2.45) is 0 Å². The molecule has 0 fully saturated rings. The fourth-order valence-corrected chi connectivity index (χ4v) is 3.10. The summed E-state index contributed by atoms with van der Waals surface area (Å²) < 4.78 is 6.64. The van der Waals surface area contributed by atoms with E-state index in [0.717, 1.165) is 16.8 Å². The van der Waals surface area contributed by atoms with Crippen LogP contribution in [0.15, 0.2) is 22.7 Å². The van der Waals surface area contributed by atoms with Gasteiger partial charge in [-0.05, 0) is 31.2 Å². The molecule has 0 spiro atoms. The summed E-state index contributed by atoms with van der Waals surface area (Å²) in [4.78, 5) is 0. The minimum atomic E-state index is 0.383. The Hall–Kier alpha value is -0.540. The first-order valence-corrected chi connectivity index (χ1v) is 9.09. The van der Waals surface area contributed by atoms with Crippen LogP contribution >= 0.6 is 15.9 Å². The van der Waals surface area contributed by atoms with E-state index in [1.807, 2.05) is 12.1 Å². The molecule has 1 rings (SSSR count). The number of halogens is 1. The number of nitrogens with one attached hydrogen (secondary N) is 1. The number of benzene rings is 1. The zero-order valence-electron chi connectivity index (χ0n) is 13.8. The Morgan fingerprint density at radius 1 is 1.10 bits per heavy atom. The Morgan fingerprint density at radius 3 is 2.48 bits per heavy atom. The molecule has 0 radical (unpaired) electrons. The lowest BCUT2D eigenvalue weighted by Gasteiger charge is -2.21. The summed E-state index contributed by atoms with van der Waals surface area (Å²) in [6.07, 6.45) is 9.21. The smallest absolute Gasteiger partial charge is 0.123 e. The SMILES string of the molecule is CCCCCCCCC(NCC)c1cc(Br)ccc1OC. The number of ether oxygens (including phenoxy) is 1. The predicted octanol–water partition coefficient (Wildman–Crippen LogP) is 5.86. The Morgan fingerprint density at radius 2 is 1.81 bits per heavy atom. The zero-order valence-corrected chi connectivity index (χ0v) is 15.3. The van der Waals surface area contributed by atoms with Crippen molar-refractivity contribution in [2.75, 3.05) is 13.7 Å². The van der Waals surface area contributed by atoms with E-state index in [1.165, 1.54) is 50.5 Å². The van der Waals surface area contributed by atoms with E-state index in [9.17, 15) is 0 Å². The third-order valence-corrected chi connectivity index (χ3v) is 4.36. The lowest BCUT2D eigenvalue weighted by molar-refractivity contribution is 0.392. The molecule has 1 aromatic rings. The van der Waals surface area contributed by atoms with Crippen LogP contribution in [-0.2, 0) is 0 Å². The highest BCUT2D eigenvalue weighted by Gasteiger charge is 2.15. The van der Waals surface area contributed by atoms with E-state index in [4.69, 9.17) is 4.74 Å². The molecule has 0 aliphatic rings. The summed E-state index contributed by atoms with van der Waals surface area (Å²) in [6.45, 7) is 5.41. The van der Waals surface area contributed by atoms with Crippen molar-refractivity contribution in [2.45, 2.75) is 64.8 Å². The largest absolute Gasteiger partial charge is 0.496 e. The van der Waals surface area contributed by atoms with E-state index >= 15 is 0 Å². The summed E-state index contributed by atoms with van der Waals surface area (Å²) in [5.41, 5.74) is 1.27. The first-order chi connectivity index (χ1) is 10.2. The molecule has 0 bridgehead atoms. The lowest BCUT2D eigenvalue weighted by Crippen LogP contribution is -2.21. The standard InChI is InChI=1S/C18H30BrNO/c1-4-6-7-8-9-10-11-17(20-5-2)16-14-15(19)12-13-18(16)21-3/h12-14,17,20H,4-11H2,1-3H3. The minimum Gasteiger partial charge on any atom is -0.496 e. The van der Waals surface area contributed by atoms with Gasteiger partial charge < -0.3 is 10.1 Å². The second-order valence-electron chi connectivity index (χ2n) is 5.55. The number of unbranched alkanes of at least 4 members (excludes halogenated alkanes) is 5. The van der Waals surface area contributed by atoms with Gasteiger partial charge in [-0.1, -0.05) is 68.3 Å². The third kappa shape index (κ3) is 6.84. The lowest BCUT2D eigenvalue weighted by atomic mass is 9.98. The number of hydrogen-bond donors (Lipinski definition) is 1. The number of hydrogen-bond acceptors (Lipinski definition) is 2. The van der Waals surface area contributed by atoms with Crippen molar-refractivity contribution >= 4 is 15.9 Å². The van der Waals surface area contributed by atoms with Gasteiger partial charge in [-0.3, -0.25) is 0 Å². The Bertz CT molecular complexity index is 395. The Labute approximate surface area is 138 Å². The van der Waals surface area contributed by atoms with Crippen LogP contribution in [0.3, 0.4) is 0 Å². The van der Waals surface area contributed by atoms with Crippen molar-refractivity contribution in [3.8, 4) is 5.75 Å². The van der Waals surface area contributed by atoms with Crippen LogP contribution in [0.4, 0.5) is 0 Å². The number of rotatable bonds is 11. The normalized spacial score (nSPS) is 12.4. The van der Waals surface area contributed by atoms with Gasteiger partial charge in [0.05, 0.1) is 7.11 Å². The molecule has 1 aromatic carbocycles. The molecular weight excluding hydrogens is 326 g/mol. The maximum absolute atomic E-state index is 5.53. The average Bonchev–Trinajstić information content (AvgIpc) is 2.49. The van der Waals surface area contributed by atoms with Gasteiger partial charge in [-0.2, -0.15) is 0 Å². The molecule has 0 saturated heterocycles. The average molecular weight is 356 g/mol. The molecule has 0 saturated carbocycles. The molecule has 21 heavy (non-hydrogen) atoms. The molecular formula is C18H30BrNO. The highest BCUT2D eigenvalue weighted by atomic mass is 79.9. The predicted molar refractivity (Wildman–Crippen MR) is 95.1 cm³/mol. The molecule has 0 aliphatic carbocycles. The Balaban J connectivity index is 2.58. The number of methoxy groups -OCH3 is 1. The first kappa shape index (κ1) is 18.5.